The number of methoxy groups -OCH3 is 1. The zero-order valence-electron chi connectivity index (χ0n) is 14.2. The SMILES string of the molecule is CN=C(NCc1cccnc1OCCOC)NCc1ncnn1C. The van der Waals surface area contributed by atoms with E-state index in [1.54, 1.807) is 25.0 Å². The van der Waals surface area contributed by atoms with Gasteiger partial charge in [-0.1, -0.05) is 6.07 Å². The Morgan fingerprint density at radius 1 is 1.25 bits per heavy atom. The van der Waals surface area contributed by atoms with Crippen molar-refractivity contribution in [2.45, 2.75) is 13.1 Å². The second-order valence-corrected chi connectivity index (χ2v) is 4.89. The number of aryl methyl sites for hydroxylation is 1. The molecule has 0 fully saturated rings. The van der Waals surface area contributed by atoms with Crippen molar-refractivity contribution in [1.29, 1.82) is 0 Å². The van der Waals surface area contributed by atoms with Crippen LogP contribution in [0.1, 0.15) is 11.4 Å². The molecule has 0 aromatic carbocycles. The largest absolute Gasteiger partial charge is 0.475 e. The highest BCUT2D eigenvalue weighted by Gasteiger charge is 2.07. The fraction of sp³-hybridized carbons (Fsp3) is 0.467. The minimum absolute atomic E-state index is 0.458. The second-order valence-electron chi connectivity index (χ2n) is 4.89. The lowest BCUT2D eigenvalue weighted by molar-refractivity contribution is 0.143. The Morgan fingerprint density at radius 3 is 2.79 bits per heavy atom. The molecule has 24 heavy (non-hydrogen) atoms. The summed E-state index contributed by atoms with van der Waals surface area (Å²) in [5, 5.41) is 10.4. The summed E-state index contributed by atoms with van der Waals surface area (Å²) in [5.41, 5.74) is 0.940. The summed E-state index contributed by atoms with van der Waals surface area (Å²) in [4.78, 5) is 12.6. The van der Waals surface area contributed by atoms with Crippen LogP contribution in [-0.4, -0.2) is 53.1 Å². The van der Waals surface area contributed by atoms with E-state index in [4.69, 9.17) is 9.47 Å². The third-order valence-electron chi connectivity index (χ3n) is 3.27. The number of ether oxygens (including phenoxy) is 2. The first kappa shape index (κ1) is 17.7. The van der Waals surface area contributed by atoms with E-state index < -0.39 is 0 Å². The van der Waals surface area contributed by atoms with Gasteiger partial charge < -0.3 is 20.1 Å². The molecule has 0 aliphatic rings. The van der Waals surface area contributed by atoms with Crippen LogP contribution in [0.2, 0.25) is 0 Å². The normalized spacial score (nSPS) is 11.4. The Balaban J connectivity index is 1.87. The zero-order chi connectivity index (χ0) is 17.2. The van der Waals surface area contributed by atoms with E-state index in [-0.39, 0.29) is 0 Å². The van der Waals surface area contributed by atoms with Gasteiger partial charge in [-0.15, -0.1) is 0 Å². The molecule has 2 N–H and O–H groups in total. The average Bonchev–Trinajstić information content (AvgIpc) is 3.01. The van der Waals surface area contributed by atoms with E-state index >= 15 is 0 Å². The maximum absolute atomic E-state index is 5.62. The van der Waals surface area contributed by atoms with Crippen molar-refractivity contribution >= 4 is 5.96 Å². The van der Waals surface area contributed by atoms with Gasteiger partial charge in [0.15, 0.2) is 5.96 Å². The molecule has 9 heteroatoms. The molecule has 0 amide bonds. The maximum atomic E-state index is 5.62. The predicted molar refractivity (Wildman–Crippen MR) is 89.6 cm³/mol. The number of guanidine groups is 1. The Kier molecular flexibility index (Phi) is 6.96. The standard InChI is InChI=1S/C15H23N7O2/c1-16-15(19-10-13-20-11-21-22(13)2)18-9-12-5-4-6-17-14(12)24-8-7-23-3/h4-6,11H,7-10H2,1-3H3,(H2,16,18,19). The van der Waals surface area contributed by atoms with Crippen molar-refractivity contribution in [3.05, 3.63) is 36.0 Å². The van der Waals surface area contributed by atoms with Crippen molar-refractivity contribution in [1.82, 2.24) is 30.4 Å². The number of rotatable bonds is 8. The molecule has 2 aromatic rings. The lowest BCUT2D eigenvalue weighted by Gasteiger charge is -2.13. The summed E-state index contributed by atoms with van der Waals surface area (Å²) >= 11 is 0. The molecule has 0 bridgehead atoms. The Labute approximate surface area is 141 Å². The molecule has 0 unspecified atom stereocenters. The first-order chi connectivity index (χ1) is 11.7. The summed E-state index contributed by atoms with van der Waals surface area (Å²) in [6.07, 6.45) is 3.22. The van der Waals surface area contributed by atoms with Crippen LogP contribution in [0, 0.1) is 0 Å². The van der Waals surface area contributed by atoms with Crippen molar-refractivity contribution in [3.8, 4) is 5.88 Å². The van der Waals surface area contributed by atoms with Crippen LogP contribution >= 0.6 is 0 Å². The second kappa shape index (κ2) is 9.46. The molecule has 0 saturated carbocycles. The van der Waals surface area contributed by atoms with Gasteiger partial charge in [-0.2, -0.15) is 5.10 Å². The molecule has 0 radical (unpaired) electrons. The molecular weight excluding hydrogens is 310 g/mol. The Hall–Kier alpha value is -2.68. The van der Waals surface area contributed by atoms with Crippen LogP contribution in [0.4, 0.5) is 0 Å². The molecule has 9 nitrogen and oxygen atoms in total. The number of hydrogen-bond donors (Lipinski definition) is 2. The monoisotopic (exact) mass is 333 g/mol. The van der Waals surface area contributed by atoms with E-state index in [9.17, 15) is 0 Å². The number of hydrogen-bond acceptors (Lipinski definition) is 6. The van der Waals surface area contributed by atoms with Crippen LogP contribution in [0.5, 0.6) is 5.88 Å². The highest BCUT2D eigenvalue weighted by atomic mass is 16.5. The van der Waals surface area contributed by atoms with Crippen molar-refractivity contribution in [2.24, 2.45) is 12.0 Å². The smallest absolute Gasteiger partial charge is 0.218 e. The van der Waals surface area contributed by atoms with E-state index in [0.717, 1.165) is 11.4 Å². The summed E-state index contributed by atoms with van der Waals surface area (Å²) in [6.45, 7) is 2.04. The molecule has 2 heterocycles. The molecule has 2 aromatic heterocycles. The number of pyridine rings is 1. The van der Waals surface area contributed by atoms with E-state index in [1.807, 2.05) is 19.2 Å². The van der Waals surface area contributed by atoms with E-state index in [0.29, 0.717) is 38.1 Å². The molecular formula is C15H23N7O2. The van der Waals surface area contributed by atoms with Gasteiger partial charge >= 0.3 is 0 Å². The van der Waals surface area contributed by atoms with Gasteiger partial charge in [-0.25, -0.2) is 9.97 Å². The fourth-order valence-electron chi connectivity index (χ4n) is 1.95. The lowest BCUT2D eigenvalue weighted by Crippen LogP contribution is -2.37. The minimum Gasteiger partial charge on any atom is -0.475 e. The van der Waals surface area contributed by atoms with Gasteiger partial charge in [-0.3, -0.25) is 9.67 Å². The van der Waals surface area contributed by atoms with Gasteiger partial charge in [0.2, 0.25) is 5.88 Å². The van der Waals surface area contributed by atoms with Crippen molar-refractivity contribution in [3.63, 3.8) is 0 Å². The molecule has 0 atom stereocenters. The quantitative estimate of drug-likeness (QED) is 0.402. The van der Waals surface area contributed by atoms with E-state index in [2.05, 4.69) is 30.7 Å². The maximum Gasteiger partial charge on any atom is 0.218 e. The van der Waals surface area contributed by atoms with Gasteiger partial charge in [0.25, 0.3) is 0 Å². The third-order valence-corrected chi connectivity index (χ3v) is 3.27. The molecule has 2 rings (SSSR count). The summed E-state index contributed by atoms with van der Waals surface area (Å²) in [7, 11) is 5.20. The molecule has 0 aliphatic carbocycles. The molecule has 0 aliphatic heterocycles. The molecule has 0 spiro atoms. The topological polar surface area (TPSA) is 98.5 Å². The van der Waals surface area contributed by atoms with Crippen LogP contribution in [0.3, 0.4) is 0 Å². The number of aromatic nitrogens is 4. The zero-order valence-corrected chi connectivity index (χ0v) is 14.2. The lowest BCUT2D eigenvalue weighted by atomic mass is 10.2. The summed E-state index contributed by atoms with van der Waals surface area (Å²) in [5.74, 6) is 2.07. The number of nitrogens with zero attached hydrogens (tertiary/aromatic N) is 5. The van der Waals surface area contributed by atoms with Crippen LogP contribution in [0.25, 0.3) is 0 Å². The number of aliphatic imine (C=N–C) groups is 1. The van der Waals surface area contributed by atoms with Crippen LogP contribution < -0.4 is 15.4 Å². The highest BCUT2D eigenvalue weighted by molar-refractivity contribution is 5.79. The highest BCUT2D eigenvalue weighted by Crippen LogP contribution is 2.13. The van der Waals surface area contributed by atoms with Gasteiger partial charge in [-0.05, 0) is 6.07 Å². The van der Waals surface area contributed by atoms with E-state index in [1.165, 1.54) is 6.33 Å². The van der Waals surface area contributed by atoms with Gasteiger partial charge in [0.05, 0.1) is 13.2 Å². The fourth-order valence-corrected chi connectivity index (χ4v) is 1.95. The average molecular weight is 333 g/mol. The van der Waals surface area contributed by atoms with Crippen molar-refractivity contribution in [2.75, 3.05) is 27.4 Å². The predicted octanol–water partition coefficient (Wildman–Crippen LogP) is 0.101. The van der Waals surface area contributed by atoms with Crippen LogP contribution in [-0.2, 0) is 24.9 Å². The Bertz CT molecular complexity index is 657. The summed E-state index contributed by atoms with van der Waals surface area (Å²) in [6, 6.07) is 3.83. The Morgan fingerprint density at radius 2 is 2.08 bits per heavy atom. The minimum atomic E-state index is 0.458. The summed E-state index contributed by atoms with van der Waals surface area (Å²) < 4.78 is 12.3. The van der Waals surface area contributed by atoms with Crippen LogP contribution in [0.15, 0.2) is 29.6 Å². The molecule has 0 saturated heterocycles. The number of nitrogens with one attached hydrogen (secondary N) is 2. The first-order valence-corrected chi connectivity index (χ1v) is 7.57. The third kappa shape index (κ3) is 5.20. The molecule has 130 valence electrons. The first-order valence-electron chi connectivity index (χ1n) is 7.57. The van der Waals surface area contributed by atoms with Gasteiger partial charge in [0, 0.05) is 39.5 Å². The van der Waals surface area contributed by atoms with Gasteiger partial charge in [0.1, 0.15) is 18.8 Å². The van der Waals surface area contributed by atoms with Crippen molar-refractivity contribution < 1.29 is 9.47 Å².